The van der Waals surface area contributed by atoms with Crippen LogP contribution in [0.25, 0.3) is 0 Å². The summed E-state index contributed by atoms with van der Waals surface area (Å²) >= 11 is 0. The first kappa shape index (κ1) is 16.9. The lowest BCUT2D eigenvalue weighted by atomic mass is 9.93. The van der Waals surface area contributed by atoms with Gasteiger partial charge < -0.3 is 22.0 Å². The number of rotatable bonds is 5. The van der Waals surface area contributed by atoms with Crippen molar-refractivity contribution in [2.24, 2.45) is 5.92 Å². The van der Waals surface area contributed by atoms with E-state index in [1.54, 1.807) is 12.1 Å². The molecular weight excluding hydrogens is 281 g/mol. The molecule has 2 rings (SSSR count). The van der Waals surface area contributed by atoms with Crippen molar-refractivity contribution >= 4 is 5.97 Å². The lowest BCUT2D eigenvalue weighted by Gasteiger charge is -2.17. The molecule has 1 aromatic rings. The number of halogens is 2. The normalized spacial score (nSPS) is 24.1. The van der Waals surface area contributed by atoms with Crippen molar-refractivity contribution in [3.8, 4) is 0 Å². The lowest BCUT2D eigenvalue weighted by Crippen LogP contribution is -3.06. The number of hydrogen-bond acceptors (Lipinski definition) is 2. The van der Waals surface area contributed by atoms with Crippen LogP contribution < -0.4 is 17.3 Å². The van der Waals surface area contributed by atoms with Gasteiger partial charge in [-0.1, -0.05) is 12.1 Å². The van der Waals surface area contributed by atoms with Crippen molar-refractivity contribution in [3.05, 3.63) is 35.6 Å². The molecule has 0 heterocycles. The van der Waals surface area contributed by atoms with Crippen LogP contribution in [-0.2, 0) is 14.9 Å². The van der Waals surface area contributed by atoms with E-state index < -0.39 is 5.41 Å². The standard InChI is InChI=1S/C15H20FNO2.ClH/c1-4-19-14(18)15(9-12(15)10-17(2)3)11-5-7-13(16)8-6-11;/h5-8,12H,4,9-10H2,1-3H3;1H. The highest BCUT2D eigenvalue weighted by atomic mass is 35.5. The maximum absolute atomic E-state index is 13.0. The molecule has 1 aliphatic rings. The molecule has 1 saturated carbocycles. The van der Waals surface area contributed by atoms with Gasteiger partial charge in [0.15, 0.2) is 0 Å². The third-order valence-corrected chi connectivity index (χ3v) is 3.76. The number of carbonyl (C=O) groups is 1. The molecule has 0 aromatic heterocycles. The number of carbonyl (C=O) groups excluding carboxylic acids is 1. The van der Waals surface area contributed by atoms with Gasteiger partial charge in [-0.3, -0.25) is 4.79 Å². The summed E-state index contributed by atoms with van der Waals surface area (Å²) in [5, 5.41) is 0. The number of quaternary nitrogens is 1. The van der Waals surface area contributed by atoms with Crippen molar-refractivity contribution < 1.29 is 31.2 Å². The average molecular weight is 302 g/mol. The zero-order valence-corrected chi connectivity index (χ0v) is 12.8. The van der Waals surface area contributed by atoms with E-state index in [1.807, 2.05) is 6.92 Å². The Labute approximate surface area is 125 Å². The Hall–Kier alpha value is -1.13. The zero-order valence-electron chi connectivity index (χ0n) is 12.1. The van der Waals surface area contributed by atoms with Crippen LogP contribution in [0.3, 0.4) is 0 Å². The van der Waals surface area contributed by atoms with Gasteiger partial charge in [0.1, 0.15) is 11.2 Å². The second kappa shape index (κ2) is 6.55. The lowest BCUT2D eigenvalue weighted by molar-refractivity contribution is -0.860. The van der Waals surface area contributed by atoms with Crippen LogP contribution >= 0.6 is 0 Å². The largest absolute Gasteiger partial charge is 1.00 e. The summed E-state index contributed by atoms with van der Waals surface area (Å²) in [4.78, 5) is 13.6. The summed E-state index contributed by atoms with van der Waals surface area (Å²) in [6, 6.07) is 6.23. The van der Waals surface area contributed by atoms with Crippen molar-refractivity contribution in [2.45, 2.75) is 18.8 Å². The quantitative estimate of drug-likeness (QED) is 0.626. The third kappa shape index (κ3) is 3.13. The summed E-state index contributed by atoms with van der Waals surface area (Å²) in [6.45, 7) is 3.10. The van der Waals surface area contributed by atoms with E-state index in [0.29, 0.717) is 6.61 Å². The van der Waals surface area contributed by atoms with Gasteiger partial charge in [-0.15, -0.1) is 0 Å². The minimum absolute atomic E-state index is 0. The predicted molar refractivity (Wildman–Crippen MR) is 70.5 cm³/mol. The van der Waals surface area contributed by atoms with Crippen LogP contribution in [0.4, 0.5) is 4.39 Å². The van der Waals surface area contributed by atoms with Crippen LogP contribution in [-0.4, -0.2) is 33.2 Å². The maximum Gasteiger partial charge on any atom is 0.317 e. The van der Waals surface area contributed by atoms with Gasteiger partial charge >= 0.3 is 5.97 Å². The van der Waals surface area contributed by atoms with E-state index in [4.69, 9.17) is 4.74 Å². The number of ether oxygens (including phenoxy) is 1. The molecule has 20 heavy (non-hydrogen) atoms. The molecule has 1 N–H and O–H groups in total. The fraction of sp³-hybridized carbons (Fsp3) is 0.533. The van der Waals surface area contributed by atoms with E-state index in [0.717, 1.165) is 18.5 Å². The van der Waals surface area contributed by atoms with Gasteiger partial charge in [0.2, 0.25) is 0 Å². The molecule has 0 aliphatic heterocycles. The van der Waals surface area contributed by atoms with Crippen LogP contribution in [0, 0.1) is 11.7 Å². The van der Waals surface area contributed by atoms with Gasteiger partial charge in [-0.05, 0) is 31.0 Å². The third-order valence-electron chi connectivity index (χ3n) is 3.76. The van der Waals surface area contributed by atoms with Crippen molar-refractivity contribution in [2.75, 3.05) is 27.2 Å². The van der Waals surface area contributed by atoms with Gasteiger partial charge in [0, 0.05) is 5.92 Å². The molecule has 0 saturated heterocycles. The summed E-state index contributed by atoms with van der Waals surface area (Å²) in [7, 11) is 4.14. The van der Waals surface area contributed by atoms with Gasteiger partial charge in [-0.2, -0.15) is 0 Å². The highest BCUT2D eigenvalue weighted by Gasteiger charge is 2.63. The minimum Gasteiger partial charge on any atom is -1.00 e. The molecule has 5 heteroatoms. The Bertz CT molecular complexity index is 463. The van der Waals surface area contributed by atoms with Crippen molar-refractivity contribution in [1.29, 1.82) is 0 Å². The fourth-order valence-corrected chi connectivity index (χ4v) is 2.80. The van der Waals surface area contributed by atoms with Gasteiger partial charge in [-0.25, -0.2) is 4.39 Å². The molecule has 2 unspecified atom stereocenters. The van der Waals surface area contributed by atoms with E-state index in [9.17, 15) is 9.18 Å². The van der Waals surface area contributed by atoms with E-state index in [1.165, 1.54) is 17.0 Å². The predicted octanol–water partition coefficient (Wildman–Crippen LogP) is -2.20. The molecule has 0 radical (unpaired) electrons. The molecule has 1 aliphatic carbocycles. The fourth-order valence-electron chi connectivity index (χ4n) is 2.80. The monoisotopic (exact) mass is 301 g/mol. The Kier molecular flexibility index (Phi) is 5.54. The summed E-state index contributed by atoms with van der Waals surface area (Å²) in [5.41, 5.74) is 0.319. The molecule has 112 valence electrons. The van der Waals surface area contributed by atoms with Crippen LogP contribution in [0.1, 0.15) is 18.9 Å². The molecule has 0 amide bonds. The van der Waals surface area contributed by atoms with Crippen LogP contribution in [0.2, 0.25) is 0 Å². The molecule has 1 fully saturated rings. The zero-order chi connectivity index (χ0) is 14.0. The minimum atomic E-state index is -0.555. The van der Waals surface area contributed by atoms with E-state index >= 15 is 0 Å². The number of benzene rings is 1. The number of esters is 1. The highest BCUT2D eigenvalue weighted by molar-refractivity contribution is 5.87. The molecular formula is C15H21ClFNO2. The molecule has 2 atom stereocenters. The van der Waals surface area contributed by atoms with E-state index in [2.05, 4.69) is 14.1 Å². The van der Waals surface area contributed by atoms with Gasteiger partial charge in [0.25, 0.3) is 0 Å². The van der Waals surface area contributed by atoms with Crippen molar-refractivity contribution in [1.82, 2.24) is 0 Å². The van der Waals surface area contributed by atoms with Gasteiger partial charge in [0.05, 0.1) is 27.2 Å². The second-order valence-corrected chi connectivity index (χ2v) is 5.51. The van der Waals surface area contributed by atoms with Crippen LogP contribution in [0.5, 0.6) is 0 Å². The smallest absolute Gasteiger partial charge is 0.317 e. The summed E-state index contributed by atoms with van der Waals surface area (Å²) in [5.74, 6) is -0.173. The Morgan fingerprint density at radius 1 is 1.40 bits per heavy atom. The average Bonchev–Trinajstić information content (AvgIpc) is 3.04. The number of hydrogen-bond donors (Lipinski definition) is 1. The second-order valence-electron chi connectivity index (χ2n) is 5.51. The summed E-state index contributed by atoms with van der Waals surface area (Å²) < 4.78 is 18.3. The SMILES string of the molecule is CCOC(=O)C1(c2ccc(F)cc2)CC1C[NH+](C)C.[Cl-]. The topological polar surface area (TPSA) is 30.7 Å². The van der Waals surface area contributed by atoms with Crippen molar-refractivity contribution in [3.63, 3.8) is 0 Å². The Morgan fingerprint density at radius 2 is 2.00 bits per heavy atom. The molecule has 0 bridgehead atoms. The maximum atomic E-state index is 13.0. The summed E-state index contributed by atoms with van der Waals surface area (Å²) in [6.07, 6.45) is 0.794. The molecule has 3 nitrogen and oxygen atoms in total. The molecule has 1 aromatic carbocycles. The first-order chi connectivity index (χ1) is 9.00. The Morgan fingerprint density at radius 3 is 2.50 bits per heavy atom. The Balaban J connectivity index is 0.00000200. The van der Waals surface area contributed by atoms with E-state index in [-0.39, 0.29) is 30.1 Å². The van der Waals surface area contributed by atoms with Crippen LogP contribution in [0.15, 0.2) is 24.3 Å². The first-order valence-electron chi connectivity index (χ1n) is 6.73. The number of nitrogens with one attached hydrogen (secondary N) is 1. The molecule has 0 spiro atoms. The first-order valence-corrected chi connectivity index (χ1v) is 6.73. The highest BCUT2D eigenvalue weighted by Crippen LogP contribution is 2.54.